The molecule has 1 heterocycles. The van der Waals surface area contributed by atoms with Crippen molar-refractivity contribution in [3.63, 3.8) is 0 Å². The molecule has 1 aliphatic rings. The molecule has 1 unspecified atom stereocenters. The Balaban J connectivity index is 2.17. The monoisotopic (exact) mass is 394 g/mol. The molecule has 0 saturated carbocycles. The summed E-state index contributed by atoms with van der Waals surface area (Å²) >= 11 is 0. The van der Waals surface area contributed by atoms with E-state index in [4.69, 9.17) is 15.6 Å². The summed E-state index contributed by atoms with van der Waals surface area (Å²) in [5, 5.41) is 8.60. The van der Waals surface area contributed by atoms with Gasteiger partial charge in [-0.2, -0.15) is 17.6 Å². The minimum atomic E-state index is -4.81. The molecule has 0 spiro atoms. The van der Waals surface area contributed by atoms with Crippen molar-refractivity contribution >= 4 is 22.2 Å². The molecule has 0 saturated heterocycles. The Bertz CT molecular complexity index is 810. The van der Waals surface area contributed by atoms with Crippen molar-refractivity contribution in [3.05, 3.63) is 35.4 Å². The third-order valence-electron chi connectivity index (χ3n) is 4.01. The van der Waals surface area contributed by atoms with E-state index in [9.17, 15) is 26.4 Å². The number of sulfonamides is 1. The smallest absolute Gasteiger partial charge is 0.421 e. The van der Waals surface area contributed by atoms with Crippen LogP contribution in [0.4, 0.5) is 13.2 Å². The van der Waals surface area contributed by atoms with Gasteiger partial charge in [0.05, 0.1) is 12.4 Å². The molecule has 2 rings (SSSR count). The number of benzene rings is 1. The predicted molar refractivity (Wildman–Crippen MR) is 86.1 cm³/mol. The van der Waals surface area contributed by atoms with Crippen molar-refractivity contribution < 1.29 is 36.2 Å². The lowest BCUT2D eigenvalue weighted by Crippen LogP contribution is -2.43. The summed E-state index contributed by atoms with van der Waals surface area (Å²) in [5.41, 5.74) is 2.71. The molecule has 0 radical (unpaired) electrons. The first-order valence-corrected chi connectivity index (χ1v) is 9.13. The molecule has 1 aromatic rings. The van der Waals surface area contributed by atoms with Crippen LogP contribution >= 0.6 is 0 Å². The van der Waals surface area contributed by atoms with Crippen molar-refractivity contribution in [3.8, 4) is 0 Å². The molecular weight excluding hydrogens is 377 g/mol. The van der Waals surface area contributed by atoms with Crippen molar-refractivity contribution in [1.82, 2.24) is 0 Å². The van der Waals surface area contributed by atoms with Gasteiger partial charge in [-0.1, -0.05) is 24.3 Å². The Morgan fingerprint density at radius 2 is 2.08 bits per heavy atom. The molecule has 26 heavy (non-hydrogen) atoms. The molecule has 7 nitrogen and oxygen atoms in total. The molecular formula is C15H17F3N2O5S. The summed E-state index contributed by atoms with van der Waals surface area (Å²) in [6.07, 6.45) is -5.27. The number of carboxylic acids is 1. The SMILES string of the molecule is N[C@@H](CC=NS(=O)(=O)CCC1(C(F)(F)F)OCc2ccccc21)C(=O)O. The van der Waals surface area contributed by atoms with Crippen molar-refractivity contribution in [1.29, 1.82) is 0 Å². The van der Waals surface area contributed by atoms with Crippen molar-refractivity contribution in [2.24, 2.45) is 10.1 Å². The van der Waals surface area contributed by atoms with Crippen LogP contribution in [0.25, 0.3) is 0 Å². The van der Waals surface area contributed by atoms with Crippen LogP contribution in [-0.4, -0.2) is 43.7 Å². The van der Waals surface area contributed by atoms with Crippen LogP contribution in [0.15, 0.2) is 28.7 Å². The van der Waals surface area contributed by atoms with Gasteiger partial charge in [-0.05, 0) is 11.1 Å². The Morgan fingerprint density at radius 3 is 2.69 bits per heavy atom. The average molecular weight is 394 g/mol. The highest BCUT2D eigenvalue weighted by Crippen LogP contribution is 2.50. The lowest BCUT2D eigenvalue weighted by molar-refractivity contribution is -0.281. The fourth-order valence-electron chi connectivity index (χ4n) is 2.60. The predicted octanol–water partition coefficient (Wildman–Crippen LogP) is 1.57. The van der Waals surface area contributed by atoms with E-state index in [2.05, 4.69) is 4.40 Å². The molecule has 11 heteroatoms. The topological polar surface area (TPSA) is 119 Å². The Hall–Kier alpha value is -1.98. The number of hydrogen-bond donors (Lipinski definition) is 2. The fourth-order valence-corrected chi connectivity index (χ4v) is 3.56. The van der Waals surface area contributed by atoms with E-state index >= 15 is 0 Å². The number of rotatable bonds is 7. The normalized spacial score (nSPS) is 21.7. The number of fused-ring (bicyclic) bond motifs is 1. The lowest BCUT2D eigenvalue weighted by atomic mass is 9.89. The van der Waals surface area contributed by atoms with Crippen LogP contribution in [-0.2, 0) is 31.8 Å². The highest BCUT2D eigenvalue weighted by Gasteiger charge is 2.60. The van der Waals surface area contributed by atoms with Crippen molar-refractivity contribution in [2.45, 2.75) is 37.3 Å². The summed E-state index contributed by atoms with van der Waals surface area (Å²) in [6.45, 7) is -0.271. The van der Waals surface area contributed by atoms with E-state index in [0.717, 1.165) is 6.21 Å². The second-order valence-corrected chi connectivity index (χ2v) is 7.56. The van der Waals surface area contributed by atoms with Gasteiger partial charge < -0.3 is 15.6 Å². The minimum absolute atomic E-state index is 0.112. The number of carboxylic acid groups (broad SMARTS) is 1. The Morgan fingerprint density at radius 1 is 1.42 bits per heavy atom. The van der Waals surface area contributed by atoms with Gasteiger partial charge in [0.1, 0.15) is 6.04 Å². The van der Waals surface area contributed by atoms with Gasteiger partial charge in [0.25, 0.3) is 10.0 Å². The fraction of sp³-hybridized carbons (Fsp3) is 0.467. The van der Waals surface area contributed by atoms with E-state index < -0.39 is 46.0 Å². The molecule has 0 amide bonds. The first kappa shape index (κ1) is 20.3. The van der Waals surface area contributed by atoms with Gasteiger partial charge in [-0.3, -0.25) is 4.79 Å². The largest absolute Gasteiger partial charge is 0.480 e. The van der Waals surface area contributed by atoms with Gasteiger partial charge in [-0.25, -0.2) is 8.42 Å². The summed E-state index contributed by atoms with van der Waals surface area (Å²) in [4.78, 5) is 10.5. The van der Waals surface area contributed by atoms with Gasteiger partial charge in [0, 0.05) is 19.1 Å². The summed E-state index contributed by atoms with van der Waals surface area (Å²) in [5.74, 6) is -2.26. The van der Waals surface area contributed by atoms with Crippen LogP contribution < -0.4 is 5.73 Å². The first-order valence-electron chi connectivity index (χ1n) is 7.52. The molecule has 0 aliphatic carbocycles. The third-order valence-corrected chi connectivity index (χ3v) is 5.20. The van der Waals surface area contributed by atoms with Crippen LogP contribution in [0.1, 0.15) is 24.0 Å². The van der Waals surface area contributed by atoms with Gasteiger partial charge in [-0.15, -0.1) is 0 Å². The molecule has 1 aliphatic heterocycles. The van der Waals surface area contributed by atoms with Crippen molar-refractivity contribution in [2.75, 3.05) is 5.75 Å². The molecule has 0 aromatic heterocycles. The van der Waals surface area contributed by atoms with Crippen LogP contribution in [0.2, 0.25) is 0 Å². The zero-order chi connectivity index (χ0) is 19.6. The highest BCUT2D eigenvalue weighted by molar-refractivity contribution is 7.90. The summed E-state index contributed by atoms with van der Waals surface area (Å²) in [7, 11) is -4.25. The Labute approximate surface area is 147 Å². The maximum absolute atomic E-state index is 13.7. The first-order chi connectivity index (χ1) is 12.0. The maximum atomic E-state index is 13.7. The number of nitrogens with two attached hydrogens (primary N) is 1. The van der Waals surface area contributed by atoms with Crippen LogP contribution in [0.5, 0.6) is 0 Å². The van der Waals surface area contributed by atoms with Gasteiger partial charge in [0.15, 0.2) is 5.60 Å². The number of halogens is 3. The zero-order valence-electron chi connectivity index (χ0n) is 13.4. The quantitative estimate of drug-likeness (QED) is 0.678. The average Bonchev–Trinajstić information content (AvgIpc) is 2.92. The van der Waals surface area contributed by atoms with Gasteiger partial charge >= 0.3 is 12.1 Å². The number of alkyl halides is 3. The van der Waals surface area contributed by atoms with E-state index in [0.29, 0.717) is 5.56 Å². The molecule has 144 valence electrons. The van der Waals surface area contributed by atoms with Crippen LogP contribution in [0.3, 0.4) is 0 Å². The molecule has 0 fully saturated rings. The molecule has 0 bridgehead atoms. The summed E-state index contributed by atoms with van der Waals surface area (Å²) in [6, 6.07) is 4.40. The second kappa shape index (κ2) is 7.33. The lowest BCUT2D eigenvalue weighted by Gasteiger charge is -2.31. The Kier molecular flexibility index (Phi) is 5.73. The minimum Gasteiger partial charge on any atom is -0.480 e. The number of ether oxygens (including phenoxy) is 1. The zero-order valence-corrected chi connectivity index (χ0v) is 14.3. The second-order valence-electron chi connectivity index (χ2n) is 5.78. The third kappa shape index (κ3) is 4.22. The molecule has 1 aromatic carbocycles. The van der Waals surface area contributed by atoms with E-state index in [1.54, 1.807) is 6.07 Å². The van der Waals surface area contributed by atoms with E-state index in [1.165, 1.54) is 18.2 Å². The van der Waals surface area contributed by atoms with Gasteiger partial charge in [0.2, 0.25) is 0 Å². The number of nitrogens with zero attached hydrogens (tertiary/aromatic N) is 1. The van der Waals surface area contributed by atoms with E-state index in [-0.39, 0.29) is 18.6 Å². The van der Waals surface area contributed by atoms with E-state index in [1.807, 2.05) is 0 Å². The molecule has 3 N–H and O–H groups in total. The van der Waals surface area contributed by atoms with Crippen LogP contribution in [0, 0.1) is 0 Å². The highest BCUT2D eigenvalue weighted by atomic mass is 32.2. The number of aliphatic carboxylic acids is 1. The number of carbonyl (C=O) groups is 1. The summed E-state index contributed by atoms with van der Waals surface area (Å²) < 4.78 is 73.0. The maximum Gasteiger partial charge on any atom is 0.421 e. The number of hydrogen-bond acceptors (Lipinski definition) is 5. The molecule has 2 atom stereocenters. The standard InChI is InChI=1S/C15H17F3N2O5S/c16-15(17,18)14(11-4-2-1-3-10(11)9-25-14)6-8-26(23,24)20-7-5-12(19)13(21)22/h1-4,7,12H,5-6,8-9,19H2,(H,21,22)/t12-,14?/m0/s1.